The zero-order valence-electron chi connectivity index (χ0n) is 13.7. The van der Waals surface area contributed by atoms with Crippen LogP contribution in [0.3, 0.4) is 0 Å². The Balaban J connectivity index is 1.55. The summed E-state index contributed by atoms with van der Waals surface area (Å²) in [5.41, 5.74) is 0.713. The minimum atomic E-state index is -0.468. The van der Waals surface area contributed by atoms with Crippen LogP contribution >= 0.6 is 0 Å². The molecule has 2 aromatic rings. The van der Waals surface area contributed by atoms with Gasteiger partial charge in [-0.3, -0.25) is 14.9 Å². The Hall–Kier alpha value is -3.09. The lowest BCUT2D eigenvalue weighted by molar-refractivity contribution is -0.384. The van der Waals surface area contributed by atoms with Crippen molar-refractivity contribution in [1.82, 2.24) is 5.32 Å². The normalized spacial score (nSPS) is 16.8. The number of rotatable bonds is 5. The molecule has 25 heavy (non-hydrogen) atoms. The number of nitrogens with one attached hydrogen (secondary N) is 1. The van der Waals surface area contributed by atoms with Gasteiger partial charge in [0, 0.05) is 12.1 Å². The Kier molecular flexibility index (Phi) is 4.83. The number of benzene rings is 2. The molecule has 0 bridgehead atoms. The average Bonchev–Trinajstić information content (AvgIpc) is 2.61. The molecule has 1 amide bonds. The fourth-order valence-corrected chi connectivity index (χ4v) is 2.60. The average molecular weight is 342 g/mol. The maximum atomic E-state index is 12.2. The van der Waals surface area contributed by atoms with E-state index in [1.54, 1.807) is 12.1 Å². The van der Waals surface area contributed by atoms with Crippen molar-refractivity contribution in [2.24, 2.45) is 0 Å². The summed E-state index contributed by atoms with van der Waals surface area (Å²) in [5, 5.41) is 13.5. The van der Waals surface area contributed by atoms with Crippen molar-refractivity contribution in [2.75, 3.05) is 6.61 Å². The van der Waals surface area contributed by atoms with Gasteiger partial charge in [0.15, 0.2) is 17.6 Å². The van der Waals surface area contributed by atoms with E-state index in [1.165, 1.54) is 12.1 Å². The van der Waals surface area contributed by atoms with Gasteiger partial charge in [0.25, 0.3) is 5.69 Å². The highest BCUT2D eigenvalue weighted by Gasteiger charge is 2.27. The summed E-state index contributed by atoms with van der Waals surface area (Å²) in [6.45, 7) is 2.21. The van der Waals surface area contributed by atoms with Crippen molar-refractivity contribution in [2.45, 2.75) is 25.5 Å². The van der Waals surface area contributed by atoms with E-state index < -0.39 is 4.92 Å². The largest absolute Gasteiger partial charge is 0.486 e. The van der Waals surface area contributed by atoms with Crippen LogP contribution in [0.15, 0.2) is 48.5 Å². The number of nitrogens with zero attached hydrogens (tertiary/aromatic N) is 1. The summed E-state index contributed by atoms with van der Waals surface area (Å²) in [6.07, 6.45) is -0.136. The third-order valence-electron chi connectivity index (χ3n) is 3.99. The molecule has 2 atom stereocenters. The van der Waals surface area contributed by atoms with Crippen LogP contribution in [0.1, 0.15) is 12.5 Å². The van der Waals surface area contributed by atoms with E-state index >= 15 is 0 Å². The first-order valence-electron chi connectivity index (χ1n) is 7.94. The predicted molar refractivity (Wildman–Crippen MR) is 90.8 cm³/mol. The van der Waals surface area contributed by atoms with E-state index in [1.807, 2.05) is 31.2 Å². The van der Waals surface area contributed by atoms with Crippen LogP contribution in [0.2, 0.25) is 0 Å². The van der Waals surface area contributed by atoms with Crippen molar-refractivity contribution < 1.29 is 19.2 Å². The van der Waals surface area contributed by atoms with Crippen LogP contribution in [0.5, 0.6) is 11.5 Å². The molecule has 1 aliphatic rings. The molecule has 2 aromatic carbocycles. The van der Waals surface area contributed by atoms with E-state index in [9.17, 15) is 14.9 Å². The molecule has 0 fully saturated rings. The first-order valence-corrected chi connectivity index (χ1v) is 7.94. The summed E-state index contributed by atoms with van der Waals surface area (Å²) in [7, 11) is 0. The molecule has 7 heteroatoms. The molecule has 7 nitrogen and oxygen atoms in total. The number of hydrogen-bond acceptors (Lipinski definition) is 5. The van der Waals surface area contributed by atoms with Crippen molar-refractivity contribution in [1.29, 1.82) is 0 Å². The van der Waals surface area contributed by atoms with Crippen LogP contribution in [0.4, 0.5) is 5.69 Å². The monoisotopic (exact) mass is 342 g/mol. The van der Waals surface area contributed by atoms with Gasteiger partial charge in [0.05, 0.1) is 17.4 Å². The van der Waals surface area contributed by atoms with Gasteiger partial charge in [0.1, 0.15) is 6.61 Å². The first kappa shape index (κ1) is 16.8. The first-order chi connectivity index (χ1) is 12.0. The molecular weight excluding hydrogens is 324 g/mol. The molecule has 130 valence electrons. The highest BCUT2D eigenvalue weighted by molar-refractivity contribution is 5.79. The Morgan fingerprint density at radius 1 is 1.24 bits per heavy atom. The van der Waals surface area contributed by atoms with Gasteiger partial charge >= 0.3 is 0 Å². The van der Waals surface area contributed by atoms with Crippen LogP contribution < -0.4 is 14.8 Å². The van der Waals surface area contributed by atoms with Crippen molar-refractivity contribution in [3.8, 4) is 11.5 Å². The molecule has 1 aliphatic heterocycles. The van der Waals surface area contributed by atoms with Gasteiger partial charge in [-0.05, 0) is 24.6 Å². The molecule has 0 aliphatic carbocycles. The maximum absolute atomic E-state index is 12.2. The summed E-state index contributed by atoms with van der Waals surface area (Å²) >= 11 is 0. The van der Waals surface area contributed by atoms with E-state index in [2.05, 4.69) is 5.32 Å². The fourth-order valence-electron chi connectivity index (χ4n) is 2.60. The molecular formula is C18H18N2O5. The summed E-state index contributed by atoms with van der Waals surface area (Å²) < 4.78 is 11.5. The van der Waals surface area contributed by atoms with Gasteiger partial charge in [-0.15, -0.1) is 0 Å². The Bertz CT molecular complexity index is 775. The highest BCUT2D eigenvalue weighted by atomic mass is 16.6. The fraction of sp³-hybridized carbons (Fsp3) is 0.278. The number of non-ortho nitro benzene ring substituents is 1. The number of nitro benzene ring substituents is 1. The molecule has 0 unspecified atom stereocenters. The zero-order valence-corrected chi connectivity index (χ0v) is 13.7. The van der Waals surface area contributed by atoms with Gasteiger partial charge in [-0.25, -0.2) is 0 Å². The topological polar surface area (TPSA) is 90.7 Å². The molecule has 0 spiro atoms. The van der Waals surface area contributed by atoms with Crippen molar-refractivity contribution in [3.63, 3.8) is 0 Å². The van der Waals surface area contributed by atoms with Crippen LogP contribution in [0, 0.1) is 10.1 Å². The molecule has 0 radical (unpaired) electrons. The van der Waals surface area contributed by atoms with E-state index in [4.69, 9.17) is 9.47 Å². The molecule has 1 N–H and O–H groups in total. The number of para-hydroxylation sites is 2. The molecule has 0 aromatic heterocycles. The second-order valence-corrected chi connectivity index (χ2v) is 5.87. The molecule has 1 heterocycles. The SMILES string of the molecule is C[C@H](NC(=O)Cc1ccc([N+](=O)[O-])cc1)[C@@H]1COc2ccccc2O1. The second kappa shape index (κ2) is 7.21. The summed E-state index contributed by atoms with van der Waals surface area (Å²) in [4.78, 5) is 22.4. The van der Waals surface area contributed by atoms with E-state index in [0.29, 0.717) is 23.7 Å². The Morgan fingerprint density at radius 2 is 1.92 bits per heavy atom. The van der Waals surface area contributed by atoms with Crippen LogP contribution in [-0.2, 0) is 11.2 Å². The van der Waals surface area contributed by atoms with E-state index in [-0.39, 0.29) is 30.2 Å². The molecule has 3 rings (SSSR count). The van der Waals surface area contributed by atoms with Crippen LogP contribution in [0.25, 0.3) is 0 Å². The second-order valence-electron chi connectivity index (χ2n) is 5.87. The maximum Gasteiger partial charge on any atom is 0.269 e. The zero-order chi connectivity index (χ0) is 17.8. The van der Waals surface area contributed by atoms with Gasteiger partial charge < -0.3 is 14.8 Å². The van der Waals surface area contributed by atoms with Gasteiger partial charge in [0.2, 0.25) is 5.91 Å². The van der Waals surface area contributed by atoms with E-state index in [0.717, 1.165) is 0 Å². The Morgan fingerprint density at radius 3 is 2.60 bits per heavy atom. The number of carbonyl (C=O) groups excluding carboxylic acids is 1. The van der Waals surface area contributed by atoms with Crippen molar-refractivity contribution in [3.05, 3.63) is 64.2 Å². The smallest absolute Gasteiger partial charge is 0.269 e. The van der Waals surface area contributed by atoms with Gasteiger partial charge in [-0.1, -0.05) is 24.3 Å². The number of fused-ring (bicyclic) bond motifs is 1. The third-order valence-corrected chi connectivity index (χ3v) is 3.99. The summed E-state index contributed by atoms with van der Waals surface area (Å²) in [5.74, 6) is 1.18. The standard InChI is InChI=1S/C18H18N2O5/c1-12(17-11-24-15-4-2-3-5-16(15)25-17)19-18(21)10-13-6-8-14(9-7-13)20(22)23/h2-9,12,17H,10-11H2,1H3,(H,19,21)/t12-,17-/m0/s1. The lowest BCUT2D eigenvalue weighted by Crippen LogP contribution is -2.48. The minimum absolute atomic E-state index is 0.00365. The van der Waals surface area contributed by atoms with Crippen LogP contribution in [-0.4, -0.2) is 29.6 Å². The lowest BCUT2D eigenvalue weighted by Gasteiger charge is -2.30. The number of ether oxygens (including phenoxy) is 2. The quantitative estimate of drug-likeness (QED) is 0.666. The summed E-state index contributed by atoms with van der Waals surface area (Å²) in [6, 6.07) is 13.1. The minimum Gasteiger partial charge on any atom is -0.486 e. The molecule has 0 saturated carbocycles. The van der Waals surface area contributed by atoms with Gasteiger partial charge in [-0.2, -0.15) is 0 Å². The number of hydrogen-bond donors (Lipinski definition) is 1. The predicted octanol–water partition coefficient (Wildman–Crippen LogP) is 2.48. The molecule has 0 saturated heterocycles. The number of carbonyl (C=O) groups is 1. The lowest BCUT2D eigenvalue weighted by atomic mass is 10.1. The number of nitro groups is 1. The van der Waals surface area contributed by atoms with Crippen molar-refractivity contribution >= 4 is 11.6 Å². The Labute approximate surface area is 144 Å². The highest BCUT2D eigenvalue weighted by Crippen LogP contribution is 2.31. The third kappa shape index (κ3) is 4.06. The number of amides is 1.